The van der Waals surface area contributed by atoms with Gasteiger partial charge in [0, 0.05) is 42.8 Å². The molecule has 7 nitrogen and oxygen atoms in total. The summed E-state index contributed by atoms with van der Waals surface area (Å²) in [6.45, 7) is 13.6. The lowest BCUT2D eigenvalue weighted by Gasteiger charge is -2.36. The van der Waals surface area contributed by atoms with E-state index >= 15 is 0 Å². The average Bonchev–Trinajstić information content (AvgIpc) is 2.97. The van der Waals surface area contributed by atoms with Gasteiger partial charge in [-0.05, 0) is 39.7 Å². The number of carbonyl (C=O) groups is 1. The molecule has 1 aliphatic rings. The van der Waals surface area contributed by atoms with E-state index in [-0.39, 0.29) is 23.9 Å². The van der Waals surface area contributed by atoms with Crippen molar-refractivity contribution in [2.24, 2.45) is 0 Å². The zero-order valence-electron chi connectivity index (χ0n) is 16.4. The van der Waals surface area contributed by atoms with Crippen molar-refractivity contribution in [3.63, 3.8) is 0 Å². The number of nitrogens with one attached hydrogen (secondary N) is 1. The molecule has 2 atom stereocenters. The lowest BCUT2D eigenvalue weighted by molar-refractivity contribution is 0.0672. The van der Waals surface area contributed by atoms with E-state index in [2.05, 4.69) is 48.1 Å². The summed E-state index contributed by atoms with van der Waals surface area (Å²) >= 11 is 0. The van der Waals surface area contributed by atoms with E-state index in [1.807, 2.05) is 24.8 Å². The minimum absolute atomic E-state index is 0.0320. The maximum atomic E-state index is 13.2. The van der Waals surface area contributed by atoms with Gasteiger partial charge in [-0.3, -0.25) is 4.79 Å². The largest absolute Gasteiger partial charge is 0.335 e. The summed E-state index contributed by atoms with van der Waals surface area (Å²) in [6.07, 6.45) is 1.78. The second kappa shape index (κ2) is 7.15. The molecule has 3 rings (SSSR count). The second-order valence-corrected chi connectivity index (χ2v) is 7.66. The van der Waals surface area contributed by atoms with Crippen molar-refractivity contribution in [1.29, 1.82) is 0 Å². The smallest absolute Gasteiger partial charge is 0.257 e. The summed E-state index contributed by atoms with van der Waals surface area (Å²) < 4.78 is 1.64. The molecule has 1 saturated heterocycles. The van der Waals surface area contributed by atoms with Crippen LogP contribution in [0.5, 0.6) is 0 Å². The van der Waals surface area contributed by atoms with Crippen LogP contribution in [0, 0.1) is 13.8 Å². The number of amides is 1. The fourth-order valence-electron chi connectivity index (χ4n) is 3.55. The van der Waals surface area contributed by atoms with Gasteiger partial charge in [0.2, 0.25) is 0 Å². The molecule has 0 spiro atoms. The predicted octanol–water partition coefficient (Wildman–Crippen LogP) is 2.22. The molecular formula is C19H28N6O. The highest BCUT2D eigenvalue weighted by atomic mass is 16.2. The Morgan fingerprint density at radius 3 is 2.27 bits per heavy atom. The predicted molar refractivity (Wildman–Crippen MR) is 101 cm³/mol. The van der Waals surface area contributed by atoms with Gasteiger partial charge in [0.1, 0.15) is 0 Å². The lowest BCUT2D eigenvalue weighted by atomic mass is 10.0. The minimum Gasteiger partial charge on any atom is -0.335 e. The summed E-state index contributed by atoms with van der Waals surface area (Å²) in [6, 6.07) is 2.48. The molecule has 0 saturated carbocycles. The summed E-state index contributed by atoms with van der Waals surface area (Å²) in [7, 11) is 0. The van der Waals surface area contributed by atoms with Gasteiger partial charge in [0.05, 0.1) is 11.3 Å². The molecule has 140 valence electrons. The zero-order chi connectivity index (χ0) is 19.0. The van der Waals surface area contributed by atoms with E-state index < -0.39 is 0 Å². The van der Waals surface area contributed by atoms with Gasteiger partial charge >= 0.3 is 0 Å². The first kappa shape index (κ1) is 18.5. The van der Waals surface area contributed by atoms with Crippen LogP contribution in [0.1, 0.15) is 61.1 Å². The van der Waals surface area contributed by atoms with E-state index in [9.17, 15) is 4.79 Å². The monoisotopic (exact) mass is 356 g/mol. The number of hydrogen-bond donors (Lipinski definition) is 1. The van der Waals surface area contributed by atoms with Crippen molar-refractivity contribution in [2.45, 2.75) is 59.5 Å². The van der Waals surface area contributed by atoms with E-state index in [1.165, 1.54) is 0 Å². The zero-order valence-corrected chi connectivity index (χ0v) is 16.4. The standard InChI is InChI=1S/C19H28N6O/c1-11(2)17-16(18(26)24-8-14(5)20-15(6)9-24)10-25(23-17)19-21-12(3)7-13(4)22-19/h7,10-11,14-15,20H,8-9H2,1-6H3/t14-,15-/m0/s1. The molecule has 7 heteroatoms. The molecular weight excluding hydrogens is 328 g/mol. The van der Waals surface area contributed by atoms with Gasteiger partial charge < -0.3 is 10.2 Å². The van der Waals surface area contributed by atoms with Gasteiger partial charge in [-0.1, -0.05) is 13.8 Å². The number of aryl methyl sites for hydroxylation is 2. The molecule has 26 heavy (non-hydrogen) atoms. The SMILES string of the molecule is Cc1cc(C)nc(-n2cc(C(=O)N3C[C@H](C)N[C@@H](C)C3)c(C(C)C)n2)n1. The number of piperazine rings is 1. The van der Waals surface area contributed by atoms with Crippen molar-refractivity contribution < 1.29 is 4.79 Å². The molecule has 0 bridgehead atoms. The van der Waals surface area contributed by atoms with Crippen molar-refractivity contribution in [3.8, 4) is 5.95 Å². The Bertz CT molecular complexity index is 782. The first-order valence-electron chi connectivity index (χ1n) is 9.22. The molecule has 1 aliphatic heterocycles. The molecule has 1 amide bonds. The Kier molecular flexibility index (Phi) is 5.09. The topological polar surface area (TPSA) is 75.9 Å². The molecule has 0 unspecified atom stereocenters. The van der Waals surface area contributed by atoms with Crippen LogP contribution in [0.3, 0.4) is 0 Å². The number of carbonyl (C=O) groups excluding carboxylic acids is 1. The van der Waals surface area contributed by atoms with E-state index in [0.29, 0.717) is 24.6 Å². The first-order valence-corrected chi connectivity index (χ1v) is 9.22. The Hall–Kier alpha value is -2.28. The van der Waals surface area contributed by atoms with Crippen LogP contribution < -0.4 is 5.32 Å². The van der Waals surface area contributed by atoms with E-state index in [1.54, 1.807) is 10.9 Å². The summed E-state index contributed by atoms with van der Waals surface area (Å²) in [5.74, 6) is 0.675. The van der Waals surface area contributed by atoms with Gasteiger partial charge in [0.25, 0.3) is 11.9 Å². The fourth-order valence-corrected chi connectivity index (χ4v) is 3.55. The highest BCUT2D eigenvalue weighted by Crippen LogP contribution is 2.22. The maximum absolute atomic E-state index is 13.2. The Labute approximate surface area is 154 Å². The van der Waals surface area contributed by atoms with Crippen LogP contribution in [0.25, 0.3) is 5.95 Å². The third kappa shape index (κ3) is 3.77. The van der Waals surface area contributed by atoms with Gasteiger partial charge in [-0.2, -0.15) is 5.10 Å². The van der Waals surface area contributed by atoms with Crippen molar-refractivity contribution in [1.82, 2.24) is 30.0 Å². The van der Waals surface area contributed by atoms with Crippen LogP contribution in [-0.2, 0) is 0 Å². The number of hydrogen-bond acceptors (Lipinski definition) is 5. The average molecular weight is 356 g/mol. The highest BCUT2D eigenvalue weighted by Gasteiger charge is 2.29. The molecule has 2 aromatic rings. The third-order valence-electron chi connectivity index (χ3n) is 4.54. The van der Waals surface area contributed by atoms with Crippen LogP contribution in [0.15, 0.2) is 12.3 Å². The fraction of sp³-hybridized carbons (Fsp3) is 0.579. The minimum atomic E-state index is 0.0320. The van der Waals surface area contributed by atoms with Crippen LogP contribution in [0.4, 0.5) is 0 Å². The quantitative estimate of drug-likeness (QED) is 0.913. The van der Waals surface area contributed by atoms with Crippen molar-refractivity contribution in [3.05, 3.63) is 34.9 Å². The first-order chi connectivity index (χ1) is 12.2. The lowest BCUT2D eigenvalue weighted by Crippen LogP contribution is -2.55. The maximum Gasteiger partial charge on any atom is 0.257 e. The van der Waals surface area contributed by atoms with Gasteiger partial charge in [0.15, 0.2) is 0 Å². The molecule has 0 aliphatic carbocycles. The molecule has 0 radical (unpaired) electrons. The summed E-state index contributed by atoms with van der Waals surface area (Å²) in [4.78, 5) is 24.1. The number of aromatic nitrogens is 4. The Morgan fingerprint density at radius 2 is 1.73 bits per heavy atom. The molecule has 2 aromatic heterocycles. The highest BCUT2D eigenvalue weighted by molar-refractivity contribution is 5.95. The molecule has 0 aromatic carbocycles. The summed E-state index contributed by atoms with van der Waals surface area (Å²) in [5, 5.41) is 8.11. The third-order valence-corrected chi connectivity index (χ3v) is 4.54. The molecule has 3 heterocycles. The van der Waals surface area contributed by atoms with Gasteiger partial charge in [-0.25, -0.2) is 14.6 Å². The van der Waals surface area contributed by atoms with Crippen molar-refractivity contribution in [2.75, 3.05) is 13.1 Å². The number of rotatable bonds is 3. The second-order valence-electron chi connectivity index (χ2n) is 7.66. The molecule has 1 N–H and O–H groups in total. The van der Waals surface area contributed by atoms with E-state index in [0.717, 1.165) is 17.1 Å². The van der Waals surface area contributed by atoms with Gasteiger partial charge in [-0.15, -0.1) is 0 Å². The summed E-state index contributed by atoms with van der Waals surface area (Å²) in [5.41, 5.74) is 3.19. The Morgan fingerprint density at radius 1 is 1.15 bits per heavy atom. The van der Waals surface area contributed by atoms with Crippen molar-refractivity contribution >= 4 is 5.91 Å². The normalized spacial score (nSPS) is 20.7. The van der Waals surface area contributed by atoms with Crippen LogP contribution in [0.2, 0.25) is 0 Å². The Balaban J connectivity index is 1.98. The van der Waals surface area contributed by atoms with E-state index in [4.69, 9.17) is 0 Å². The van der Waals surface area contributed by atoms with Crippen LogP contribution in [-0.4, -0.2) is 55.7 Å². The number of nitrogens with zero attached hydrogens (tertiary/aromatic N) is 5. The van der Waals surface area contributed by atoms with Crippen LogP contribution >= 0.6 is 0 Å². The molecule has 1 fully saturated rings.